The zero-order chi connectivity index (χ0) is 26.8. The largest absolute Gasteiger partial charge is 1.00 e. The van der Waals surface area contributed by atoms with Gasteiger partial charge in [-0.2, -0.15) is 4.57 Å². The van der Waals surface area contributed by atoms with Gasteiger partial charge >= 0.3 is 0 Å². The molecular formula is C32H45BrN2O3S. The Balaban J connectivity index is 0.00000533. The van der Waals surface area contributed by atoms with Crippen molar-refractivity contribution in [3.8, 4) is 11.5 Å². The molecule has 0 fully saturated rings. The summed E-state index contributed by atoms with van der Waals surface area (Å²) in [6.07, 6.45) is 17.6. The van der Waals surface area contributed by atoms with Crippen LogP contribution >= 0.6 is 11.3 Å². The van der Waals surface area contributed by atoms with Crippen molar-refractivity contribution < 1.29 is 35.8 Å². The van der Waals surface area contributed by atoms with Gasteiger partial charge in [-0.3, -0.25) is 4.79 Å². The third-order valence-corrected chi connectivity index (χ3v) is 7.44. The number of aromatic nitrogens is 1. The maximum absolute atomic E-state index is 13.2. The minimum Gasteiger partial charge on any atom is -1.00 e. The molecule has 3 aromatic rings. The summed E-state index contributed by atoms with van der Waals surface area (Å²) in [5, 5.41) is 5.09. The molecule has 39 heavy (non-hydrogen) atoms. The summed E-state index contributed by atoms with van der Waals surface area (Å²) in [7, 11) is 1.61. The highest BCUT2D eigenvalue weighted by molar-refractivity contribution is 7.07. The number of unbranched alkanes of at least 4 members (excludes halogenated alkanes) is 11. The average Bonchev–Trinajstić information content (AvgIpc) is 3.44. The lowest BCUT2D eigenvalue weighted by Gasteiger charge is -2.15. The lowest BCUT2D eigenvalue weighted by atomic mass is 10.1. The molecule has 1 N–H and O–H groups in total. The van der Waals surface area contributed by atoms with Gasteiger partial charge in [0.05, 0.1) is 24.7 Å². The van der Waals surface area contributed by atoms with Crippen molar-refractivity contribution >= 4 is 22.9 Å². The van der Waals surface area contributed by atoms with Crippen LogP contribution < -0.4 is 36.3 Å². The van der Waals surface area contributed by atoms with Gasteiger partial charge in [0.2, 0.25) is 5.51 Å². The predicted octanol–water partition coefficient (Wildman–Crippen LogP) is 5.43. The lowest BCUT2D eigenvalue weighted by molar-refractivity contribution is -0.683. The maximum atomic E-state index is 13.2. The van der Waals surface area contributed by atoms with Gasteiger partial charge in [0.1, 0.15) is 0 Å². The number of benzene rings is 2. The first-order valence-electron chi connectivity index (χ1n) is 14.3. The van der Waals surface area contributed by atoms with E-state index in [9.17, 15) is 4.79 Å². The van der Waals surface area contributed by atoms with Gasteiger partial charge in [-0.25, -0.2) is 0 Å². The standard InChI is InChI=1S/C32H44N2O3S.BrH/c1-3-4-5-6-7-8-9-10-11-12-13-14-22-37-31-29(19-16-20-30(31)36-2)32(35)33-28-18-15-17-27(24-28)25-34-21-23-38-26-34;/h15-21,23-24,26H,3-14,22,25H2,1-2H3;1H. The number of amides is 1. The third kappa shape index (κ3) is 12.1. The van der Waals surface area contributed by atoms with Gasteiger partial charge < -0.3 is 31.8 Å². The van der Waals surface area contributed by atoms with E-state index < -0.39 is 0 Å². The van der Waals surface area contributed by atoms with Gasteiger partial charge in [0, 0.05) is 11.3 Å². The SMILES string of the molecule is CCCCCCCCCCCCCCOc1c(OC)cccc1C(=O)Nc1cccc(C[n+]2ccsc2)c1.[Br-]. The Hall–Kier alpha value is -2.38. The van der Waals surface area contributed by atoms with Crippen LogP contribution in [-0.2, 0) is 6.54 Å². The maximum Gasteiger partial charge on any atom is 0.259 e. The lowest BCUT2D eigenvalue weighted by Crippen LogP contribution is -3.00. The molecule has 214 valence electrons. The molecule has 1 aromatic heterocycles. The van der Waals surface area contributed by atoms with Crippen LogP contribution in [0.2, 0.25) is 0 Å². The molecule has 1 heterocycles. The summed E-state index contributed by atoms with van der Waals surface area (Å²) >= 11 is 1.66. The van der Waals surface area contributed by atoms with Crippen molar-refractivity contribution in [2.24, 2.45) is 0 Å². The molecule has 0 radical (unpaired) electrons. The number of rotatable bonds is 19. The summed E-state index contributed by atoms with van der Waals surface area (Å²) in [4.78, 5) is 13.2. The number of methoxy groups -OCH3 is 1. The fourth-order valence-electron chi connectivity index (χ4n) is 4.63. The Morgan fingerprint density at radius 2 is 1.56 bits per heavy atom. The number of nitrogens with one attached hydrogen (secondary N) is 1. The molecule has 1 amide bonds. The molecule has 0 saturated carbocycles. The van der Waals surface area contributed by atoms with E-state index in [4.69, 9.17) is 9.47 Å². The van der Waals surface area contributed by atoms with E-state index in [1.807, 2.05) is 41.9 Å². The molecule has 2 aromatic carbocycles. The smallest absolute Gasteiger partial charge is 0.259 e. The second kappa shape index (κ2) is 19.6. The van der Waals surface area contributed by atoms with E-state index in [-0.39, 0.29) is 22.9 Å². The van der Waals surface area contributed by atoms with E-state index >= 15 is 0 Å². The van der Waals surface area contributed by atoms with Gasteiger partial charge in [0.25, 0.3) is 5.91 Å². The Morgan fingerprint density at radius 3 is 2.21 bits per heavy atom. The van der Waals surface area contributed by atoms with E-state index in [1.54, 1.807) is 24.5 Å². The van der Waals surface area contributed by atoms with Crippen molar-refractivity contribution in [3.63, 3.8) is 0 Å². The van der Waals surface area contributed by atoms with Crippen LogP contribution in [0.3, 0.4) is 0 Å². The van der Waals surface area contributed by atoms with Crippen LogP contribution in [0.15, 0.2) is 59.6 Å². The summed E-state index contributed by atoms with van der Waals surface area (Å²) in [6, 6.07) is 13.4. The van der Waals surface area contributed by atoms with E-state index in [2.05, 4.69) is 28.4 Å². The van der Waals surface area contributed by atoms with Crippen LogP contribution in [-0.4, -0.2) is 19.6 Å². The first-order valence-corrected chi connectivity index (χ1v) is 15.3. The van der Waals surface area contributed by atoms with Crippen molar-refractivity contribution in [1.82, 2.24) is 0 Å². The summed E-state index contributed by atoms with van der Waals surface area (Å²) in [5.41, 5.74) is 4.45. The predicted molar refractivity (Wildman–Crippen MR) is 158 cm³/mol. The Morgan fingerprint density at radius 1 is 0.897 bits per heavy atom. The molecule has 5 nitrogen and oxygen atoms in total. The molecule has 0 spiro atoms. The molecule has 0 saturated heterocycles. The van der Waals surface area contributed by atoms with Crippen molar-refractivity contribution in [3.05, 3.63) is 70.7 Å². The summed E-state index contributed by atoms with van der Waals surface area (Å²) in [5.74, 6) is 0.897. The molecule has 0 bridgehead atoms. The number of carbonyl (C=O) groups is 1. The number of para-hydroxylation sites is 1. The number of hydrogen-bond donors (Lipinski definition) is 1. The highest BCUT2D eigenvalue weighted by atomic mass is 79.9. The van der Waals surface area contributed by atoms with E-state index in [1.165, 1.54) is 64.2 Å². The highest BCUT2D eigenvalue weighted by Crippen LogP contribution is 2.32. The monoisotopic (exact) mass is 616 g/mol. The minimum atomic E-state index is -0.200. The van der Waals surface area contributed by atoms with Crippen LogP contribution in [0, 0.1) is 0 Å². The van der Waals surface area contributed by atoms with Crippen LogP contribution in [0.5, 0.6) is 11.5 Å². The molecule has 3 rings (SSSR count). The number of thiazole rings is 1. The Bertz CT molecular complexity index is 1080. The second-order valence-electron chi connectivity index (χ2n) is 9.93. The van der Waals surface area contributed by atoms with Crippen LogP contribution in [0.25, 0.3) is 0 Å². The Labute approximate surface area is 249 Å². The molecule has 0 atom stereocenters. The van der Waals surface area contributed by atoms with E-state index in [0.29, 0.717) is 23.7 Å². The topological polar surface area (TPSA) is 51.4 Å². The number of anilines is 1. The fraction of sp³-hybridized carbons (Fsp3) is 0.500. The molecule has 7 heteroatoms. The minimum absolute atomic E-state index is 0. The normalized spacial score (nSPS) is 10.6. The Kier molecular flexibility index (Phi) is 16.5. The zero-order valence-electron chi connectivity index (χ0n) is 23.6. The van der Waals surface area contributed by atoms with Gasteiger partial charge in [-0.05, 0) is 30.7 Å². The quantitative estimate of drug-likeness (QED) is 0.144. The van der Waals surface area contributed by atoms with E-state index in [0.717, 1.165) is 30.6 Å². The van der Waals surface area contributed by atoms with Crippen LogP contribution in [0.4, 0.5) is 5.69 Å². The molecule has 0 aliphatic rings. The third-order valence-electron chi connectivity index (χ3n) is 6.76. The summed E-state index contributed by atoms with van der Waals surface area (Å²) < 4.78 is 13.8. The van der Waals surface area contributed by atoms with Crippen molar-refractivity contribution in [2.45, 2.75) is 90.5 Å². The first-order chi connectivity index (χ1) is 18.7. The molecule has 0 aliphatic carbocycles. The number of ether oxygens (including phenoxy) is 2. The number of nitrogens with zero attached hydrogens (tertiary/aromatic N) is 1. The average molecular weight is 618 g/mol. The molecule has 0 unspecified atom stereocenters. The highest BCUT2D eigenvalue weighted by Gasteiger charge is 2.18. The first kappa shape index (κ1) is 32.8. The van der Waals surface area contributed by atoms with Gasteiger partial charge in [0.15, 0.2) is 24.2 Å². The zero-order valence-corrected chi connectivity index (χ0v) is 26.0. The van der Waals surface area contributed by atoms with Crippen molar-refractivity contribution in [1.29, 1.82) is 0 Å². The summed E-state index contributed by atoms with van der Waals surface area (Å²) in [6.45, 7) is 3.61. The molecule has 0 aliphatic heterocycles. The van der Waals surface area contributed by atoms with Gasteiger partial charge in [-0.15, -0.1) is 0 Å². The number of carbonyl (C=O) groups excluding carboxylic acids is 1. The number of halogens is 1. The van der Waals surface area contributed by atoms with Crippen LogP contribution in [0.1, 0.15) is 99.9 Å². The van der Waals surface area contributed by atoms with Crippen molar-refractivity contribution in [2.75, 3.05) is 19.0 Å². The number of hydrogen-bond acceptors (Lipinski definition) is 4. The van der Waals surface area contributed by atoms with Gasteiger partial charge in [-0.1, -0.05) is 107 Å². The second-order valence-corrected chi connectivity index (χ2v) is 10.7. The molecular weight excluding hydrogens is 572 g/mol. The fourth-order valence-corrected chi connectivity index (χ4v) is 5.23.